The van der Waals surface area contributed by atoms with Gasteiger partial charge in [0.2, 0.25) is 0 Å². The minimum atomic E-state index is -0.368. The fourth-order valence-corrected chi connectivity index (χ4v) is 2.72. The van der Waals surface area contributed by atoms with Gasteiger partial charge in [-0.2, -0.15) is 0 Å². The normalized spacial score (nSPS) is 10.3. The smallest absolute Gasteiger partial charge is 0.293 e. The molecule has 0 radical (unpaired) electrons. The van der Waals surface area contributed by atoms with Gasteiger partial charge < -0.3 is 5.32 Å². The molecule has 23 heavy (non-hydrogen) atoms. The Labute approximate surface area is 142 Å². The number of halogens is 1. The van der Waals surface area contributed by atoms with Gasteiger partial charge in [-0.1, -0.05) is 58.4 Å². The summed E-state index contributed by atoms with van der Waals surface area (Å²) in [5.41, 5.74) is 3.07. The van der Waals surface area contributed by atoms with Crippen LogP contribution in [0.15, 0.2) is 77.3 Å². The molecule has 0 amide bonds. The molecule has 3 rings (SSSR count). The first-order valence-corrected chi connectivity index (χ1v) is 7.79. The largest absolute Gasteiger partial charge is 0.350 e. The Bertz CT molecular complexity index is 851. The van der Waals surface area contributed by atoms with Crippen LogP contribution in [0.25, 0.3) is 11.1 Å². The van der Waals surface area contributed by atoms with E-state index in [2.05, 4.69) is 21.2 Å². The SMILES string of the molecule is O=[N+]([O-])c1cc(-c2ccccc2)ccc1Nc1cccc(Br)c1. The number of nitro groups is 1. The van der Waals surface area contributed by atoms with E-state index in [0.717, 1.165) is 21.3 Å². The molecule has 5 heteroatoms. The Morgan fingerprint density at radius 3 is 2.35 bits per heavy atom. The van der Waals surface area contributed by atoms with Crippen LogP contribution in [0.4, 0.5) is 17.1 Å². The van der Waals surface area contributed by atoms with Crippen LogP contribution in [0.1, 0.15) is 0 Å². The van der Waals surface area contributed by atoms with Crippen LogP contribution >= 0.6 is 15.9 Å². The third kappa shape index (κ3) is 3.57. The number of nitrogens with zero attached hydrogens (tertiary/aromatic N) is 1. The Balaban J connectivity index is 1.99. The van der Waals surface area contributed by atoms with Crippen molar-refractivity contribution < 1.29 is 4.92 Å². The highest BCUT2D eigenvalue weighted by Crippen LogP contribution is 2.33. The van der Waals surface area contributed by atoms with E-state index in [0.29, 0.717) is 5.69 Å². The molecule has 3 aromatic carbocycles. The van der Waals surface area contributed by atoms with E-state index < -0.39 is 0 Å². The van der Waals surface area contributed by atoms with Gasteiger partial charge in [0.1, 0.15) is 5.69 Å². The molecular formula is C18H13BrN2O2. The van der Waals surface area contributed by atoms with Gasteiger partial charge in [0.25, 0.3) is 5.69 Å². The van der Waals surface area contributed by atoms with E-state index in [-0.39, 0.29) is 10.6 Å². The predicted octanol–water partition coefficient (Wildman–Crippen LogP) is 5.77. The Morgan fingerprint density at radius 1 is 0.870 bits per heavy atom. The number of anilines is 2. The molecule has 0 saturated carbocycles. The zero-order chi connectivity index (χ0) is 16.2. The molecule has 0 spiro atoms. The van der Waals surface area contributed by atoms with E-state index >= 15 is 0 Å². The van der Waals surface area contributed by atoms with Crippen LogP contribution in [-0.4, -0.2) is 4.92 Å². The minimum absolute atomic E-state index is 0.0475. The lowest BCUT2D eigenvalue weighted by Crippen LogP contribution is -1.97. The molecule has 3 aromatic rings. The zero-order valence-electron chi connectivity index (χ0n) is 12.1. The first-order valence-electron chi connectivity index (χ1n) is 7.00. The fourth-order valence-electron chi connectivity index (χ4n) is 2.32. The van der Waals surface area contributed by atoms with Crippen molar-refractivity contribution in [3.8, 4) is 11.1 Å². The minimum Gasteiger partial charge on any atom is -0.350 e. The summed E-state index contributed by atoms with van der Waals surface area (Å²) in [5.74, 6) is 0. The summed E-state index contributed by atoms with van der Waals surface area (Å²) in [5, 5.41) is 14.5. The number of hydrogen-bond donors (Lipinski definition) is 1. The molecule has 0 bridgehead atoms. The summed E-state index contributed by atoms with van der Waals surface area (Å²) in [6, 6.07) is 22.3. The second-order valence-corrected chi connectivity index (χ2v) is 5.91. The highest BCUT2D eigenvalue weighted by molar-refractivity contribution is 9.10. The molecular weight excluding hydrogens is 356 g/mol. The summed E-state index contributed by atoms with van der Waals surface area (Å²) in [7, 11) is 0. The standard InChI is InChI=1S/C18H13BrN2O2/c19-15-7-4-8-16(12-15)20-17-10-9-14(11-18(17)21(22)23)13-5-2-1-3-6-13/h1-12,20H. The van der Waals surface area contributed by atoms with E-state index in [4.69, 9.17) is 0 Å². The molecule has 0 aliphatic rings. The Hall–Kier alpha value is -2.66. The van der Waals surface area contributed by atoms with Gasteiger partial charge >= 0.3 is 0 Å². The maximum Gasteiger partial charge on any atom is 0.293 e. The summed E-state index contributed by atoms with van der Waals surface area (Å²) in [6.07, 6.45) is 0. The highest BCUT2D eigenvalue weighted by atomic mass is 79.9. The van der Waals surface area contributed by atoms with Gasteiger partial charge in [-0.15, -0.1) is 0 Å². The average molecular weight is 369 g/mol. The van der Waals surface area contributed by atoms with Crippen molar-refractivity contribution in [1.29, 1.82) is 0 Å². The first kappa shape index (κ1) is 15.2. The quantitative estimate of drug-likeness (QED) is 0.469. The second kappa shape index (κ2) is 6.62. The van der Waals surface area contributed by atoms with Crippen LogP contribution in [0.5, 0.6) is 0 Å². The van der Waals surface area contributed by atoms with Crippen LogP contribution in [0.2, 0.25) is 0 Å². The van der Waals surface area contributed by atoms with Crippen LogP contribution in [-0.2, 0) is 0 Å². The van der Waals surface area contributed by atoms with Gasteiger partial charge in [-0.25, -0.2) is 0 Å². The van der Waals surface area contributed by atoms with Gasteiger partial charge in [0.05, 0.1) is 4.92 Å². The van der Waals surface area contributed by atoms with Gasteiger partial charge in [-0.3, -0.25) is 10.1 Å². The fraction of sp³-hybridized carbons (Fsp3) is 0. The van der Waals surface area contributed by atoms with Crippen molar-refractivity contribution in [2.24, 2.45) is 0 Å². The molecule has 0 aromatic heterocycles. The zero-order valence-corrected chi connectivity index (χ0v) is 13.7. The third-order valence-electron chi connectivity index (χ3n) is 3.41. The summed E-state index contributed by atoms with van der Waals surface area (Å²) in [6.45, 7) is 0. The lowest BCUT2D eigenvalue weighted by molar-refractivity contribution is -0.383. The lowest BCUT2D eigenvalue weighted by Gasteiger charge is -2.09. The molecule has 0 fully saturated rings. The second-order valence-electron chi connectivity index (χ2n) is 4.99. The molecule has 4 nitrogen and oxygen atoms in total. The number of nitro benzene ring substituents is 1. The maximum atomic E-state index is 11.4. The van der Waals surface area contributed by atoms with E-state index in [9.17, 15) is 10.1 Å². The van der Waals surface area contributed by atoms with Gasteiger partial charge in [-0.05, 0) is 35.4 Å². The van der Waals surface area contributed by atoms with Crippen LogP contribution < -0.4 is 5.32 Å². The first-order chi connectivity index (χ1) is 11.1. The highest BCUT2D eigenvalue weighted by Gasteiger charge is 2.15. The summed E-state index contributed by atoms with van der Waals surface area (Å²) >= 11 is 3.39. The van der Waals surface area contributed by atoms with Crippen molar-refractivity contribution in [2.75, 3.05) is 5.32 Å². The molecule has 114 valence electrons. The number of nitrogens with one attached hydrogen (secondary N) is 1. The molecule has 0 atom stereocenters. The van der Waals surface area contributed by atoms with Crippen molar-refractivity contribution >= 4 is 33.0 Å². The average Bonchev–Trinajstić information content (AvgIpc) is 2.56. The number of benzene rings is 3. The number of hydrogen-bond acceptors (Lipinski definition) is 3. The van der Waals surface area contributed by atoms with Gasteiger partial charge in [0.15, 0.2) is 0 Å². The molecule has 0 saturated heterocycles. The predicted molar refractivity (Wildman–Crippen MR) is 96.0 cm³/mol. The van der Waals surface area contributed by atoms with E-state index in [1.54, 1.807) is 12.1 Å². The number of rotatable bonds is 4. The molecule has 0 heterocycles. The lowest BCUT2D eigenvalue weighted by atomic mass is 10.0. The maximum absolute atomic E-state index is 11.4. The molecule has 0 aliphatic heterocycles. The van der Waals surface area contributed by atoms with Crippen molar-refractivity contribution in [1.82, 2.24) is 0 Å². The van der Waals surface area contributed by atoms with Gasteiger partial charge in [0, 0.05) is 16.2 Å². The van der Waals surface area contributed by atoms with Crippen molar-refractivity contribution in [3.05, 3.63) is 87.4 Å². The third-order valence-corrected chi connectivity index (χ3v) is 3.90. The Morgan fingerprint density at radius 2 is 1.65 bits per heavy atom. The Kier molecular flexibility index (Phi) is 4.39. The molecule has 1 N–H and O–H groups in total. The van der Waals surface area contributed by atoms with E-state index in [1.807, 2.05) is 60.7 Å². The van der Waals surface area contributed by atoms with Crippen molar-refractivity contribution in [3.63, 3.8) is 0 Å². The monoisotopic (exact) mass is 368 g/mol. The topological polar surface area (TPSA) is 55.2 Å². The molecule has 0 unspecified atom stereocenters. The molecule has 0 aliphatic carbocycles. The van der Waals surface area contributed by atoms with Crippen molar-refractivity contribution in [2.45, 2.75) is 0 Å². The summed E-state index contributed by atoms with van der Waals surface area (Å²) < 4.78 is 0.908. The van der Waals surface area contributed by atoms with Crippen LogP contribution in [0, 0.1) is 10.1 Å². The van der Waals surface area contributed by atoms with Crippen LogP contribution in [0.3, 0.4) is 0 Å². The summed E-state index contributed by atoms with van der Waals surface area (Å²) in [4.78, 5) is 11.1. The van der Waals surface area contributed by atoms with E-state index in [1.165, 1.54) is 0 Å².